The van der Waals surface area contributed by atoms with Gasteiger partial charge in [-0.15, -0.1) is 5.10 Å². The lowest BCUT2D eigenvalue weighted by molar-refractivity contribution is -0.115. The zero-order valence-corrected chi connectivity index (χ0v) is 22.5. The fourth-order valence-corrected chi connectivity index (χ4v) is 5.39. The molecule has 1 N–H and O–H groups in total. The van der Waals surface area contributed by atoms with Crippen molar-refractivity contribution in [2.45, 2.75) is 50.3 Å². The molecule has 4 rings (SSSR count). The number of benzene rings is 1. The molecule has 1 amide bonds. The van der Waals surface area contributed by atoms with Crippen LogP contribution in [0.15, 0.2) is 47.4 Å². The zero-order valence-electron chi connectivity index (χ0n) is 21.7. The summed E-state index contributed by atoms with van der Waals surface area (Å²) in [7, 11) is 0.478. The molecule has 0 spiro atoms. The number of carbonyl (C=O) groups excluding carboxylic acids is 2. The molecule has 2 heterocycles. The van der Waals surface area contributed by atoms with Gasteiger partial charge >= 0.3 is 0 Å². The third-order valence-electron chi connectivity index (χ3n) is 6.85. The molecule has 9 nitrogen and oxygen atoms in total. The van der Waals surface area contributed by atoms with Gasteiger partial charge in [-0.3, -0.25) is 9.59 Å². The first-order valence-corrected chi connectivity index (χ1v) is 13.8. The second-order valence-electron chi connectivity index (χ2n) is 9.75. The van der Waals surface area contributed by atoms with E-state index in [-0.39, 0.29) is 28.8 Å². The minimum atomic E-state index is -3.29. The molecule has 0 saturated heterocycles. The monoisotopic (exact) mass is 521 g/mol. The first-order valence-electron chi connectivity index (χ1n) is 12.1. The molecule has 1 unspecified atom stereocenters. The Hall–Kier alpha value is -3.66. The number of aromatic nitrogens is 3. The van der Waals surface area contributed by atoms with Gasteiger partial charge in [-0.25, -0.2) is 13.4 Å². The number of rotatable bonds is 7. The van der Waals surface area contributed by atoms with Crippen molar-refractivity contribution < 1.29 is 18.0 Å². The molecule has 0 saturated carbocycles. The third-order valence-corrected chi connectivity index (χ3v) is 8.60. The molecule has 0 radical (unpaired) electrons. The quantitative estimate of drug-likeness (QED) is 0.503. The number of fused-ring (bicyclic) bond motifs is 1. The van der Waals surface area contributed by atoms with Gasteiger partial charge in [0.2, 0.25) is 5.91 Å². The van der Waals surface area contributed by atoms with Crippen molar-refractivity contribution in [2.24, 2.45) is 0 Å². The number of anilines is 2. The third kappa shape index (κ3) is 5.24. The maximum absolute atomic E-state index is 13.6. The van der Waals surface area contributed by atoms with Gasteiger partial charge in [-0.05, 0) is 68.1 Å². The Morgan fingerprint density at radius 3 is 2.41 bits per heavy atom. The van der Waals surface area contributed by atoms with Crippen molar-refractivity contribution in [3.05, 3.63) is 70.5 Å². The Morgan fingerprint density at radius 1 is 1.11 bits per heavy atom. The predicted octanol–water partition coefficient (Wildman–Crippen LogP) is 3.31. The van der Waals surface area contributed by atoms with Gasteiger partial charge in [0.1, 0.15) is 5.82 Å². The highest BCUT2D eigenvalue weighted by Gasteiger charge is 2.43. The number of amides is 1. The molecule has 3 aromatic rings. The zero-order chi connectivity index (χ0) is 27.0. The molecule has 1 aliphatic carbocycles. The topological polar surface area (TPSA) is 122 Å². The fraction of sp³-hybridized carbons (Fsp3) is 0.370. The molecular formula is C27H31N5O4S. The minimum Gasteiger partial charge on any atom is -0.361 e. The predicted molar refractivity (Wildman–Crippen MR) is 142 cm³/mol. The number of nitrogens with zero attached hydrogens (tertiary/aromatic N) is 4. The molecule has 1 aliphatic rings. The Morgan fingerprint density at radius 2 is 1.81 bits per heavy atom. The number of hydrogen-bond acceptors (Lipinski definition) is 8. The van der Waals surface area contributed by atoms with Crippen molar-refractivity contribution in [2.75, 3.05) is 30.1 Å². The molecule has 10 heteroatoms. The van der Waals surface area contributed by atoms with Crippen LogP contribution in [0.1, 0.15) is 53.1 Å². The summed E-state index contributed by atoms with van der Waals surface area (Å²) in [5.41, 5.74) is 2.48. The summed E-state index contributed by atoms with van der Waals surface area (Å²) in [5, 5.41) is 11.4. The number of sulfone groups is 1. The molecule has 1 aromatic carbocycles. The number of Topliss-reactive ketones (excluding diaryl/α,β-unsaturated/α-hetero) is 1. The van der Waals surface area contributed by atoms with E-state index in [2.05, 4.69) is 20.5 Å². The summed E-state index contributed by atoms with van der Waals surface area (Å²) in [5.74, 6) is 0.800. The Bertz CT molecular complexity index is 1450. The van der Waals surface area contributed by atoms with E-state index in [0.717, 1.165) is 11.4 Å². The van der Waals surface area contributed by atoms with Crippen LogP contribution in [0.4, 0.5) is 11.6 Å². The summed E-state index contributed by atoms with van der Waals surface area (Å²) < 4.78 is 24.0. The molecular weight excluding hydrogens is 490 g/mol. The molecule has 0 fully saturated rings. The van der Waals surface area contributed by atoms with Gasteiger partial charge in [0.15, 0.2) is 21.4 Å². The van der Waals surface area contributed by atoms with Crippen LogP contribution in [-0.2, 0) is 32.9 Å². The summed E-state index contributed by atoms with van der Waals surface area (Å²) in [4.78, 5) is 33.0. The second-order valence-corrected chi connectivity index (χ2v) is 12.0. The average Bonchev–Trinajstić information content (AvgIpc) is 2.86. The maximum Gasteiger partial charge on any atom is 0.229 e. The Kier molecular flexibility index (Phi) is 7.14. The van der Waals surface area contributed by atoms with E-state index in [4.69, 9.17) is 0 Å². The van der Waals surface area contributed by atoms with Crippen LogP contribution in [0, 0.1) is 6.92 Å². The van der Waals surface area contributed by atoms with Crippen LogP contribution >= 0.6 is 0 Å². The summed E-state index contributed by atoms with van der Waals surface area (Å²) >= 11 is 0. The highest BCUT2D eigenvalue weighted by molar-refractivity contribution is 7.91. The maximum atomic E-state index is 13.6. The van der Waals surface area contributed by atoms with Crippen LogP contribution in [0.5, 0.6) is 0 Å². The van der Waals surface area contributed by atoms with Gasteiger partial charge in [-0.2, -0.15) is 5.10 Å². The number of ketones is 1. The van der Waals surface area contributed by atoms with Crippen LogP contribution < -0.4 is 10.2 Å². The molecule has 2 aromatic heterocycles. The van der Waals surface area contributed by atoms with Crippen LogP contribution in [0.25, 0.3) is 0 Å². The minimum absolute atomic E-state index is 0.0218. The first kappa shape index (κ1) is 26.4. The SMILES string of the molecule is CCS(=O)(=O)c1ccc(CC(=O)Nc2cc(C)c3c(n2)CCC(C)(c2ccc(N(C)C)nn2)C3=O)cc1. The van der Waals surface area contributed by atoms with Gasteiger partial charge in [-0.1, -0.05) is 19.1 Å². The van der Waals surface area contributed by atoms with Gasteiger partial charge in [0.25, 0.3) is 0 Å². The summed E-state index contributed by atoms with van der Waals surface area (Å²) in [6.45, 7) is 5.33. The summed E-state index contributed by atoms with van der Waals surface area (Å²) in [6.07, 6.45) is 1.17. The van der Waals surface area contributed by atoms with E-state index in [1.54, 1.807) is 25.1 Å². The largest absolute Gasteiger partial charge is 0.361 e. The lowest BCUT2D eigenvalue weighted by Crippen LogP contribution is -2.39. The van der Waals surface area contributed by atoms with Crippen molar-refractivity contribution >= 4 is 33.2 Å². The van der Waals surface area contributed by atoms with E-state index < -0.39 is 15.3 Å². The van der Waals surface area contributed by atoms with Crippen molar-refractivity contribution in [1.29, 1.82) is 0 Å². The lowest BCUT2D eigenvalue weighted by atomic mass is 9.70. The van der Waals surface area contributed by atoms with Crippen LogP contribution in [0.2, 0.25) is 0 Å². The Labute approximate surface area is 217 Å². The normalized spacial score (nSPS) is 17.3. The molecule has 37 heavy (non-hydrogen) atoms. The Balaban J connectivity index is 1.50. The second kappa shape index (κ2) is 10.0. The van der Waals surface area contributed by atoms with Crippen LogP contribution in [0.3, 0.4) is 0 Å². The number of hydrogen-bond donors (Lipinski definition) is 1. The van der Waals surface area contributed by atoms with Gasteiger partial charge in [0, 0.05) is 19.7 Å². The number of pyridine rings is 1. The molecule has 1 atom stereocenters. The van der Waals surface area contributed by atoms with E-state index in [1.807, 2.05) is 45.0 Å². The van der Waals surface area contributed by atoms with Crippen molar-refractivity contribution in [3.8, 4) is 0 Å². The number of nitrogens with one attached hydrogen (secondary N) is 1. The number of carbonyl (C=O) groups is 2. The summed E-state index contributed by atoms with van der Waals surface area (Å²) in [6, 6.07) is 11.7. The highest BCUT2D eigenvalue weighted by atomic mass is 32.2. The number of aryl methyl sites for hydroxylation is 2. The standard InChI is InChI=1S/C27H31N5O4S/c1-6-37(35,36)19-9-7-18(8-10-19)16-24(33)29-22-15-17(2)25-20(28-22)13-14-27(3,26(25)34)21-11-12-23(31-30-21)32(4)5/h7-12,15H,6,13-14,16H2,1-5H3,(H,28,29,33). The van der Waals surface area contributed by atoms with Crippen molar-refractivity contribution in [3.63, 3.8) is 0 Å². The van der Waals surface area contributed by atoms with E-state index in [9.17, 15) is 18.0 Å². The molecule has 194 valence electrons. The van der Waals surface area contributed by atoms with E-state index in [1.165, 1.54) is 12.1 Å². The van der Waals surface area contributed by atoms with Crippen LogP contribution in [-0.4, -0.2) is 55.1 Å². The van der Waals surface area contributed by atoms with E-state index in [0.29, 0.717) is 41.2 Å². The smallest absolute Gasteiger partial charge is 0.229 e. The van der Waals surface area contributed by atoms with Gasteiger partial charge in [0.05, 0.1) is 33.9 Å². The highest BCUT2D eigenvalue weighted by Crippen LogP contribution is 2.38. The molecule has 0 bridgehead atoms. The first-order chi connectivity index (χ1) is 17.4. The van der Waals surface area contributed by atoms with Crippen molar-refractivity contribution in [1.82, 2.24) is 15.2 Å². The lowest BCUT2D eigenvalue weighted by Gasteiger charge is -2.33. The van der Waals surface area contributed by atoms with E-state index >= 15 is 0 Å². The average molecular weight is 522 g/mol. The fourth-order valence-electron chi connectivity index (χ4n) is 4.51. The molecule has 0 aliphatic heterocycles. The van der Waals surface area contributed by atoms with Gasteiger partial charge < -0.3 is 10.2 Å².